The van der Waals surface area contributed by atoms with Gasteiger partial charge < -0.3 is 35.0 Å². The maximum Gasteiger partial charge on any atom is 0.269 e. The molecule has 1 aromatic carbocycles. The van der Waals surface area contributed by atoms with Crippen LogP contribution in [0.3, 0.4) is 0 Å². The Labute approximate surface area is 123 Å². The Morgan fingerprint density at radius 3 is 2.18 bits per heavy atom. The number of hydrogen-bond donors (Lipinski definition) is 5. The Balaban J connectivity index is 2.11. The molecule has 10 heteroatoms. The number of ether oxygens (including phenoxy) is 2. The van der Waals surface area contributed by atoms with Crippen molar-refractivity contribution in [2.75, 3.05) is 0 Å². The lowest BCUT2D eigenvalue weighted by Crippen LogP contribution is -2.62. The molecule has 1 fully saturated rings. The van der Waals surface area contributed by atoms with Crippen molar-refractivity contribution in [3.05, 3.63) is 34.4 Å². The van der Waals surface area contributed by atoms with Gasteiger partial charge in [0.05, 0.1) is 4.92 Å². The Morgan fingerprint density at radius 2 is 1.68 bits per heavy atom. The number of nitrogens with zero attached hydrogens (tertiary/aromatic N) is 1. The average molecular weight is 317 g/mol. The topological polar surface area (TPSA) is 163 Å². The van der Waals surface area contributed by atoms with Crippen LogP contribution in [0.25, 0.3) is 0 Å². The van der Waals surface area contributed by atoms with Gasteiger partial charge in [0.25, 0.3) is 5.69 Å². The SMILES string of the molecule is O=[N+]([O-])c1ccc(O[C@@H]2O[C@H](C(O)O)[C@H](O)[C@H](O)[C@H]2O)cc1. The number of aliphatic hydroxyl groups excluding tert-OH is 4. The van der Waals surface area contributed by atoms with Crippen LogP contribution in [0.5, 0.6) is 5.75 Å². The quantitative estimate of drug-likeness (QED) is 0.242. The molecule has 5 N–H and O–H groups in total. The minimum atomic E-state index is -2.10. The summed E-state index contributed by atoms with van der Waals surface area (Å²) in [5, 5.41) is 57.7. The third kappa shape index (κ3) is 3.32. The lowest BCUT2D eigenvalue weighted by molar-refractivity contribution is -0.384. The zero-order valence-corrected chi connectivity index (χ0v) is 11.1. The highest BCUT2D eigenvalue weighted by Gasteiger charge is 2.47. The number of rotatable bonds is 4. The van der Waals surface area contributed by atoms with Crippen LogP contribution >= 0.6 is 0 Å². The molecule has 5 atom stereocenters. The summed E-state index contributed by atoms with van der Waals surface area (Å²) >= 11 is 0. The Kier molecular flexibility index (Phi) is 4.90. The van der Waals surface area contributed by atoms with Gasteiger partial charge in [-0.2, -0.15) is 0 Å². The van der Waals surface area contributed by atoms with E-state index in [9.17, 15) is 25.4 Å². The van der Waals surface area contributed by atoms with Crippen molar-refractivity contribution in [1.29, 1.82) is 0 Å². The molecule has 1 aliphatic rings. The summed E-state index contributed by atoms with van der Waals surface area (Å²) in [7, 11) is 0. The zero-order valence-electron chi connectivity index (χ0n) is 11.1. The van der Waals surface area contributed by atoms with E-state index in [0.717, 1.165) is 12.1 Å². The van der Waals surface area contributed by atoms with E-state index in [0.29, 0.717) is 0 Å². The lowest BCUT2D eigenvalue weighted by Gasteiger charge is -2.40. The van der Waals surface area contributed by atoms with Gasteiger partial charge in [-0.05, 0) is 12.1 Å². The second kappa shape index (κ2) is 6.52. The molecule has 1 saturated heterocycles. The van der Waals surface area contributed by atoms with Crippen molar-refractivity contribution >= 4 is 5.69 Å². The lowest BCUT2D eigenvalue weighted by atomic mass is 9.98. The molecule has 0 bridgehead atoms. The minimum Gasteiger partial charge on any atom is -0.462 e. The fourth-order valence-corrected chi connectivity index (χ4v) is 2.00. The van der Waals surface area contributed by atoms with Gasteiger partial charge in [0.15, 0.2) is 6.29 Å². The van der Waals surface area contributed by atoms with Crippen LogP contribution in [0.1, 0.15) is 0 Å². The van der Waals surface area contributed by atoms with Crippen LogP contribution in [0.4, 0.5) is 5.69 Å². The highest BCUT2D eigenvalue weighted by Crippen LogP contribution is 2.26. The van der Waals surface area contributed by atoms with Crippen molar-refractivity contribution in [3.63, 3.8) is 0 Å². The minimum absolute atomic E-state index is 0.0874. The molecule has 0 saturated carbocycles. The van der Waals surface area contributed by atoms with Crippen molar-refractivity contribution < 1.29 is 39.9 Å². The van der Waals surface area contributed by atoms with Crippen LogP contribution in [0.2, 0.25) is 0 Å². The average Bonchev–Trinajstić information content (AvgIpc) is 2.48. The number of nitro benzene ring substituents is 1. The van der Waals surface area contributed by atoms with Gasteiger partial charge in [-0.1, -0.05) is 0 Å². The van der Waals surface area contributed by atoms with E-state index in [1.165, 1.54) is 12.1 Å². The zero-order chi connectivity index (χ0) is 16.4. The first-order valence-electron chi connectivity index (χ1n) is 6.28. The van der Waals surface area contributed by atoms with Gasteiger partial charge in [-0.3, -0.25) is 10.1 Å². The van der Waals surface area contributed by atoms with E-state index < -0.39 is 41.9 Å². The molecular weight excluding hydrogens is 302 g/mol. The maximum atomic E-state index is 10.5. The molecule has 22 heavy (non-hydrogen) atoms. The van der Waals surface area contributed by atoms with Gasteiger partial charge in [-0.25, -0.2) is 0 Å². The number of nitro groups is 1. The van der Waals surface area contributed by atoms with E-state index >= 15 is 0 Å². The van der Waals surface area contributed by atoms with Crippen molar-refractivity contribution in [2.24, 2.45) is 0 Å². The standard InChI is InChI=1S/C12H15NO9/c14-7-8(15)10(11(17)18)22-12(9(7)16)21-6-3-1-5(2-4-6)13(19)20/h1-4,7-12,14-18H/t7-,8+,9+,10-,12+/m0/s1. The van der Waals surface area contributed by atoms with Crippen LogP contribution in [-0.4, -0.2) is 67.5 Å². The Morgan fingerprint density at radius 1 is 1.09 bits per heavy atom. The summed E-state index contributed by atoms with van der Waals surface area (Å²) in [6, 6.07) is 4.81. The smallest absolute Gasteiger partial charge is 0.269 e. The Hall–Kier alpha value is -1.82. The molecule has 0 spiro atoms. The molecule has 1 aliphatic heterocycles. The van der Waals surface area contributed by atoms with Gasteiger partial charge in [-0.15, -0.1) is 0 Å². The third-order valence-electron chi connectivity index (χ3n) is 3.20. The van der Waals surface area contributed by atoms with E-state index in [1.54, 1.807) is 0 Å². The fourth-order valence-electron chi connectivity index (χ4n) is 2.00. The molecule has 0 amide bonds. The van der Waals surface area contributed by atoms with Gasteiger partial charge >= 0.3 is 0 Å². The van der Waals surface area contributed by atoms with Crippen molar-refractivity contribution in [1.82, 2.24) is 0 Å². The summed E-state index contributed by atoms with van der Waals surface area (Å²) in [6.45, 7) is 0. The number of benzene rings is 1. The molecule has 0 aromatic heterocycles. The molecule has 10 nitrogen and oxygen atoms in total. The van der Waals surface area contributed by atoms with Crippen molar-refractivity contribution in [2.45, 2.75) is 37.0 Å². The summed E-state index contributed by atoms with van der Waals surface area (Å²) < 4.78 is 10.2. The van der Waals surface area contributed by atoms with E-state index in [4.69, 9.17) is 19.7 Å². The number of hydrogen-bond acceptors (Lipinski definition) is 9. The van der Waals surface area contributed by atoms with E-state index in [2.05, 4.69) is 0 Å². The predicted octanol–water partition coefficient (Wildman–Crippen LogP) is -1.91. The van der Waals surface area contributed by atoms with Crippen LogP contribution < -0.4 is 4.74 Å². The second-order valence-electron chi connectivity index (χ2n) is 4.72. The highest BCUT2D eigenvalue weighted by molar-refractivity contribution is 5.36. The van der Waals surface area contributed by atoms with Crippen LogP contribution in [-0.2, 0) is 4.74 Å². The molecule has 0 unspecified atom stereocenters. The third-order valence-corrected chi connectivity index (χ3v) is 3.20. The molecule has 0 aliphatic carbocycles. The van der Waals surface area contributed by atoms with Crippen molar-refractivity contribution in [3.8, 4) is 5.75 Å². The molecular formula is C12H15NO9. The summed E-state index contributed by atoms with van der Waals surface area (Å²) in [5.41, 5.74) is -0.170. The number of aliphatic hydroxyl groups is 5. The molecule has 1 heterocycles. The summed E-state index contributed by atoms with van der Waals surface area (Å²) in [5.74, 6) is 0.0874. The predicted molar refractivity (Wildman–Crippen MR) is 68.6 cm³/mol. The second-order valence-corrected chi connectivity index (χ2v) is 4.72. The normalized spacial score (nSPS) is 32.0. The maximum absolute atomic E-state index is 10.5. The van der Waals surface area contributed by atoms with E-state index in [1.807, 2.05) is 0 Å². The van der Waals surface area contributed by atoms with Gasteiger partial charge in [0, 0.05) is 12.1 Å². The van der Waals surface area contributed by atoms with Crippen LogP contribution in [0, 0.1) is 10.1 Å². The first-order chi connectivity index (χ1) is 10.3. The largest absolute Gasteiger partial charge is 0.462 e. The molecule has 122 valence electrons. The molecule has 0 radical (unpaired) electrons. The summed E-state index contributed by atoms with van der Waals surface area (Å²) in [6.07, 6.45) is -10.3. The molecule has 1 aromatic rings. The van der Waals surface area contributed by atoms with Gasteiger partial charge in [0.2, 0.25) is 6.29 Å². The van der Waals surface area contributed by atoms with Gasteiger partial charge in [0.1, 0.15) is 30.2 Å². The first-order valence-corrected chi connectivity index (χ1v) is 6.28. The monoisotopic (exact) mass is 317 g/mol. The first kappa shape index (κ1) is 16.5. The van der Waals surface area contributed by atoms with E-state index in [-0.39, 0.29) is 11.4 Å². The number of non-ortho nitro benzene ring substituents is 1. The Bertz CT molecular complexity index is 520. The van der Waals surface area contributed by atoms with Crippen LogP contribution in [0.15, 0.2) is 24.3 Å². The fraction of sp³-hybridized carbons (Fsp3) is 0.500. The summed E-state index contributed by atoms with van der Waals surface area (Å²) in [4.78, 5) is 9.93. The highest BCUT2D eigenvalue weighted by atomic mass is 16.7. The molecule has 2 rings (SSSR count).